The number of primary sulfonamides is 1. The van der Waals surface area contributed by atoms with Gasteiger partial charge in [-0.3, -0.25) is 4.79 Å². The minimum Gasteiger partial charge on any atom is -0.476 e. The lowest BCUT2D eigenvalue weighted by atomic mass is 10.2. The van der Waals surface area contributed by atoms with Gasteiger partial charge in [0.25, 0.3) is 5.91 Å². The highest BCUT2D eigenvalue weighted by molar-refractivity contribution is 7.89. The fraction of sp³-hybridized carbons (Fsp3) is 0. The Labute approximate surface area is 124 Å². The number of carbonyl (C=O) groups is 2. The number of nitrogens with one attached hydrogen (secondary N) is 1. The number of carbonyl (C=O) groups excluding carboxylic acids is 1. The lowest BCUT2D eigenvalue weighted by molar-refractivity contribution is 0.0685. The van der Waals surface area contributed by atoms with Gasteiger partial charge in [-0.1, -0.05) is 0 Å². The first-order chi connectivity index (χ1) is 10.3. The van der Waals surface area contributed by atoms with Crippen LogP contribution in [0.3, 0.4) is 0 Å². The van der Waals surface area contributed by atoms with Crippen molar-refractivity contribution in [3.8, 4) is 0 Å². The van der Waals surface area contributed by atoms with Crippen LogP contribution in [0.15, 0.2) is 41.6 Å². The monoisotopic (exact) mass is 322 g/mol. The van der Waals surface area contributed by atoms with Crippen LogP contribution in [0, 0.1) is 0 Å². The molecule has 0 spiro atoms. The molecule has 0 unspecified atom stereocenters. The third-order valence-electron chi connectivity index (χ3n) is 2.56. The summed E-state index contributed by atoms with van der Waals surface area (Å²) in [5.74, 6) is -2.17. The van der Waals surface area contributed by atoms with Crippen LogP contribution in [-0.2, 0) is 10.0 Å². The largest absolute Gasteiger partial charge is 0.476 e. The second-order valence-corrected chi connectivity index (χ2v) is 5.64. The average Bonchev–Trinajstić information content (AvgIpc) is 2.46. The van der Waals surface area contributed by atoms with E-state index < -0.39 is 27.6 Å². The standard InChI is InChI=1S/C12H10N4O5S/c13-22(20,21)8-3-1-7(2-4-8)16-11(17)9-10(12(18)19)15-6-5-14-9/h1-6H,(H,16,17)(H,18,19)(H2,13,20,21). The van der Waals surface area contributed by atoms with Crippen molar-refractivity contribution in [2.24, 2.45) is 5.14 Å². The number of rotatable bonds is 4. The summed E-state index contributed by atoms with van der Waals surface area (Å²) in [6.45, 7) is 0. The Kier molecular flexibility index (Phi) is 4.15. The summed E-state index contributed by atoms with van der Waals surface area (Å²) in [7, 11) is -3.83. The molecule has 0 aliphatic rings. The minimum absolute atomic E-state index is 0.115. The molecule has 1 aromatic carbocycles. The zero-order chi connectivity index (χ0) is 16.3. The second-order valence-electron chi connectivity index (χ2n) is 4.08. The van der Waals surface area contributed by atoms with E-state index in [1.807, 2.05) is 0 Å². The average molecular weight is 322 g/mol. The molecule has 0 radical (unpaired) electrons. The van der Waals surface area contributed by atoms with Gasteiger partial charge in [0, 0.05) is 18.1 Å². The van der Waals surface area contributed by atoms with E-state index in [0.29, 0.717) is 0 Å². The number of aromatic nitrogens is 2. The molecule has 1 heterocycles. The molecule has 1 aromatic heterocycles. The third-order valence-corrected chi connectivity index (χ3v) is 3.49. The number of amides is 1. The molecule has 22 heavy (non-hydrogen) atoms. The van der Waals surface area contributed by atoms with Gasteiger partial charge in [-0.25, -0.2) is 28.3 Å². The summed E-state index contributed by atoms with van der Waals surface area (Å²) >= 11 is 0. The van der Waals surface area contributed by atoms with Gasteiger partial charge in [0.1, 0.15) is 0 Å². The highest BCUT2D eigenvalue weighted by Gasteiger charge is 2.19. The van der Waals surface area contributed by atoms with Crippen molar-refractivity contribution in [2.75, 3.05) is 5.32 Å². The summed E-state index contributed by atoms with van der Waals surface area (Å²) in [6.07, 6.45) is 2.34. The molecule has 10 heteroatoms. The fourth-order valence-electron chi connectivity index (χ4n) is 1.58. The van der Waals surface area contributed by atoms with Crippen LogP contribution in [0.1, 0.15) is 21.0 Å². The molecule has 4 N–H and O–H groups in total. The molecule has 0 fully saturated rings. The number of sulfonamides is 1. The van der Waals surface area contributed by atoms with E-state index in [9.17, 15) is 18.0 Å². The fourth-order valence-corrected chi connectivity index (χ4v) is 2.09. The SMILES string of the molecule is NS(=O)(=O)c1ccc(NC(=O)c2nccnc2C(=O)O)cc1. The molecule has 9 nitrogen and oxygen atoms in total. The zero-order valence-corrected chi connectivity index (χ0v) is 11.7. The van der Waals surface area contributed by atoms with E-state index in [1.54, 1.807) is 0 Å². The van der Waals surface area contributed by atoms with Gasteiger partial charge in [-0.15, -0.1) is 0 Å². The van der Waals surface area contributed by atoms with Gasteiger partial charge in [0.15, 0.2) is 11.4 Å². The van der Waals surface area contributed by atoms with E-state index in [4.69, 9.17) is 10.2 Å². The molecular formula is C12H10N4O5S. The minimum atomic E-state index is -3.83. The van der Waals surface area contributed by atoms with Crippen molar-refractivity contribution >= 4 is 27.6 Å². The number of carboxylic acid groups (broad SMARTS) is 1. The smallest absolute Gasteiger partial charge is 0.356 e. The Morgan fingerprint density at radius 3 is 2.09 bits per heavy atom. The van der Waals surface area contributed by atoms with Crippen molar-refractivity contribution < 1.29 is 23.1 Å². The molecule has 0 aliphatic heterocycles. The molecule has 0 bridgehead atoms. The van der Waals surface area contributed by atoms with Gasteiger partial charge in [-0.05, 0) is 24.3 Å². The Bertz CT molecular complexity index is 833. The molecule has 0 saturated carbocycles. The number of nitrogens with zero attached hydrogens (tertiary/aromatic N) is 2. The number of nitrogens with two attached hydrogens (primary N) is 1. The number of anilines is 1. The summed E-state index contributed by atoms with van der Waals surface area (Å²) in [5, 5.41) is 16.3. The topological polar surface area (TPSA) is 152 Å². The van der Waals surface area contributed by atoms with Crippen LogP contribution in [0.2, 0.25) is 0 Å². The van der Waals surface area contributed by atoms with Crippen LogP contribution < -0.4 is 10.5 Å². The normalized spacial score (nSPS) is 11.0. The molecule has 2 aromatic rings. The zero-order valence-electron chi connectivity index (χ0n) is 10.9. The van der Waals surface area contributed by atoms with Gasteiger partial charge in [0.2, 0.25) is 10.0 Å². The maximum Gasteiger partial charge on any atom is 0.356 e. The maximum absolute atomic E-state index is 12.0. The lowest BCUT2D eigenvalue weighted by Crippen LogP contribution is -2.19. The first-order valence-corrected chi connectivity index (χ1v) is 7.32. The number of carboxylic acids is 1. The van der Waals surface area contributed by atoms with Crippen LogP contribution in [0.4, 0.5) is 5.69 Å². The summed E-state index contributed by atoms with van der Waals surface area (Å²) in [4.78, 5) is 30.1. The van der Waals surface area contributed by atoms with Gasteiger partial charge in [-0.2, -0.15) is 0 Å². The van der Waals surface area contributed by atoms with E-state index in [2.05, 4.69) is 15.3 Å². The highest BCUT2D eigenvalue weighted by Crippen LogP contribution is 2.14. The second kappa shape index (κ2) is 5.87. The van der Waals surface area contributed by atoms with E-state index in [0.717, 1.165) is 6.20 Å². The van der Waals surface area contributed by atoms with Gasteiger partial charge < -0.3 is 10.4 Å². The summed E-state index contributed by atoms with van der Waals surface area (Å²) in [5.41, 5.74) is -0.592. The highest BCUT2D eigenvalue weighted by atomic mass is 32.2. The molecule has 0 atom stereocenters. The van der Waals surface area contributed by atoms with Crippen molar-refractivity contribution in [1.82, 2.24) is 9.97 Å². The van der Waals surface area contributed by atoms with E-state index in [-0.39, 0.29) is 16.3 Å². The predicted octanol–water partition coefficient (Wildman–Crippen LogP) is 0.0745. The third kappa shape index (κ3) is 3.42. The first-order valence-electron chi connectivity index (χ1n) is 5.77. The van der Waals surface area contributed by atoms with Crippen LogP contribution in [-0.4, -0.2) is 35.4 Å². The van der Waals surface area contributed by atoms with Crippen molar-refractivity contribution in [3.63, 3.8) is 0 Å². The molecule has 114 valence electrons. The Morgan fingerprint density at radius 1 is 1.05 bits per heavy atom. The van der Waals surface area contributed by atoms with Crippen LogP contribution >= 0.6 is 0 Å². The Balaban J connectivity index is 2.25. The summed E-state index contributed by atoms with van der Waals surface area (Å²) < 4.78 is 22.2. The molecular weight excluding hydrogens is 312 g/mol. The molecule has 0 aliphatic carbocycles. The van der Waals surface area contributed by atoms with Gasteiger partial charge >= 0.3 is 5.97 Å². The van der Waals surface area contributed by atoms with E-state index >= 15 is 0 Å². The van der Waals surface area contributed by atoms with Crippen LogP contribution in [0.25, 0.3) is 0 Å². The first kappa shape index (κ1) is 15.5. The molecule has 0 saturated heterocycles. The van der Waals surface area contributed by atoms with Crippen molar-refractivity contribution in [1.29, 1.82) is 0 Å². The number of hydrogen-bond donors (Lipinski definition) is 3. The van der Waals surface area contributed by atoms with Crippen molar-refractivity contribution in [2.45, 2.75) is 4.90 Å². The predicted molar refractivity (Wildman–Crippen MR) is 74.8 cm³/mol. The Hall–Kier alpha value is -2.85. The molecule has 1 amide bonds. The quantitative estimate of drug-likeness (QED) is 0.720. The van der Waals surface area contributed by atoms with E-state index in [1.165, 1.54) is 30.5 Å². The number of hydrogen-bond acceptors (Lipinski definition) is 6. The van der Waals surface area contributed by atoms with Crippen LogP contribution in [0.5, 0.6) is 0 Å². The number of aromatic carboxylic acids is 1. The maximum atomic E-state index is 12.0. The molecule has 2 rings (SSSR count). The Morgan fingerprint density at radius 2 is 1.59 bits per heavy atom. The summed E-state index contributed by atoms with van der Waals surface area (Å²) in [6, 6.07) is 5.04. The van der Waals surface area contributed by atoms with Crippen molar-refractivity contribution in [3.05, 3.63) is 48.0 Å². The lowest BCUT2D eigenvalue weighted by Gasteiger charge is -2.06. The van der Waals surface area contributed by atoms with Gasteiger partial charge in [0.05, 0.1) is 4.90 Å². The number of benzene rings is 1.